The SMILES string of the molecule is O=C([O-])/C=C(\C(=O)[O-])c1ccc(C2CCCCC2)cc1.[Ba+2]. The quantitative estimate of drug-likeness (QED) is 0.527. The van der Waals surface area contributed by atoms with Gasteiger partial charge < -0.3 is 19.8 Å². The second-order valence-electron chi connectivity index (χ2n) is 5.12. The number of benzene rings is 1. The van der Waals surface area contributed by atoms with Gasteiger partial charge in [-0.15, -0.1) is 0 Å². The maximum absolute atomic E-state index is 11.0. The summed E-state index contributed by atoms with van der Waals surface area (Å²) in [5.41, 5.74) is 1.15. The van der Waals surface area contributed by atoms with Crippen LogP contribution in [0.25, 0.3) is 5.57 Å². The first-order valence-corrected chi connectivity index (χ1v) is 6.82. The van der Waals surface area contributed by atoms with Crippen molar-refractivity contribution in [3.63, 3.8) is 0 Å². The molecule has 0 spiro atoms. The van der Waals surface area contributed by atoms with E-state index in [0.717, 1.165) is 12.8 Å². The average Bonchev–Trinajstić information content (AvgIpc) is 2.45. The maximum atomic E-state index is 11.0. The molecule has 2 rings (SSSR count). The van der Waals surface area contributed by atoms with Crippen LogP contribution in [-0.4, -0.2) is 60.8 Å². The Kier molecular flexibility index (Phi) is 7.76. The van der Waals surface area contributed by atoms with E-state index in [1.165, 1.54) is 24.8 Å². The molecule has 1 aliphatic carbocycles. The molecule has 0 amide bonds. The summed E-state index contributed by atoms with van der Waals surface area (Å²) in [6.45, 7) is 0. The van der Waals surface area contributed by atoms with Crippen molar-refractivity contribution in [2.45, 2.75) is 38.0 Å². The Morgan fingerprint density at radius 1 is 1.00 bits per heavy atom. The van der Waals surface area contributed by atoms with Crippen LogP contribution >= 0.6 is 0 Å². The molecule has 0 bridgehead atoms. The molecule has 0 aromatic heterocycles. The molecular weight excluding hydrogens is 394 g/mol. The molecular formula is C16H16BaO4. The van der Waals surface area contributed by atoms with Gasteiger partial charge >= 0.3 is 48.9 Å². The molecule has 1 saturated carbocycles. The van der Waals surface area contributed by atoms with Crippen LogP contribution in [0.2, 0.25) is 0 Å². The smallest absolute Gasteiger partial charge is 0.545 e. The van der Waals surface area contributed by atoms with Gasteiger partial charge in [-0.05, 0) is 36.0 Å². The van der Waals surface area contributed by atoms with E-state index < -0.39 is 11.9 Å². The van der Waals surface area contributed by atoms with Crippen LogP contribution < -0.4 is 10.2 Å². The summed E-state index contributed by atoms with van der Waals surface area (Å²) < 4.78 is 0. The fourth-order valence-corrected chi connectivity index (χ4v) is 2.75. The predicted molar refractivity (Wildman–Crippen MR) is 76.0 cm³/mol. The van der Waals surface area contributed by atoms with Gasteiger partial charge in [0, 0.05) is 5.57 Å². The monoisotopic (exact) mass is 410 g/mol. The van der Waals surface area contributed by atoms with Crippen molar-refractivity contribution in [1.82, 2.24) is 0 Å². The molecule has 0 N–H and O–H groups in total. The molecule has 1 fully saturated rings. The standard InChI is InChI=1S/C16H18O4.Ba/c17-15(18)10-14(16(19)20)13-8-6-12(7-9-13)11-4-2-1-3-5-11;/h6-11H,1-5H2,(H,17,18)(H,19,20);/q;+2/p-2/b14-10-;. The Morgan fingerprint density at radius 3 is 2.05 bits per heavy atom. The van der Waals surface area contributed by atoms with Crippen LogP contribution in [0.1, 0.15) is 49.1 Å². The molecule has 5 heteroatoms. The minimum absolute atomic E-state index is 0. The van der Waals surface area contributed by atoms with E-state index in [0.29, 0.717) is 17.6 Å². The number of rotatable bonds is 4. The normalized spacial score (nSPS) is 16.1. The Balaban J connectivity index is 0.00000220. The van der Waals surface area contributed by atoms with Gasteiger partial charge in [0.25, 0.3) is 0 Å². The molecule has 106 valence electrons. The van der Waals surface area contributed by atoms with Gasteiger partial charge in [0.15, 0.2) is 0 Å². The van der Waals surface area contributed by atoms with Crippen molar-refractivity contribution in [2.75, 3.05) is 0 Å². The van der Waals surface area contributed by atoms with Gasteiger partial charge in [0.05, 0.1) is 11.9 Å². The van der Waals surface area contributed by atoms with E-state index in [2.05, 4.69) is 0 Å². The first-order chi connectivity index (χ1) is 9.58. The number of hydrogen-bond donors (Lipinski definition) is 0. The molecule has 0 saturated heterocycles. The van der Waals surface area contributed by atoms with Crippen LogP contribution in [0.4, 0.5) is 0 Å². The van der Waals surface area contributed by atoms with Gasteiger partial charge in [-0.2, -0.15) is 0 Å². The van der Waals surface area contributed by atoms with Crippen LogP contribution in [0, 0.1) is 0 Å². The van der Waals surface area contributed by atoms with Gasteiger partial charge in [-0.3, -0.25) is 0 Å². The number of aliphatic carboxylic acids is 2. The van der Waals surface area contributed by atoms with Crippen LogP contribution in [0.3, 0.4) is 0 Å². The van der Waals surface area contributed by atoms with Gasteiger partial charge in [0.1, 0.15) is 0 Å². The zero-order valence-electron chi connectivity index (χ0n) is 11.8. The number of carboxylic acid groups (broad SMARTS) is 2. The molecule has 1 aliphatic rings. The number of carbonyl (C=O) groups excluding carboxylic acids is 2. The van der Waals surface area contributed by atoms with E-state index >= 15 is 0 Å². The molecule has 0 unspecified atom stereocenters. The van der Waals surface area contributed by atoms with Crippen molar-refractivity contribution in [3.05, 3.63) is 41.5 Å². The van der Waals surface area contributed by atoms with Crippen molar-refractivity contribution in [3.8, 4) is 0 Å². The van der Waals surface area contributed by atoms with E-state index in [1.807, 2.05) is 12.1 Å². The van der Waals surface area contributed by atoms with E-state index in [-0.39, 0.29) is 54.5 Å². The Morgan fingerprint density at radius 2 is 1.57 bits per heavy atom. The first kappa shape index (κ1) is 18.5. The van der Waals surface area contributed by atoms with Gasteiger partial charge in [-0.25, -0.2) is 0 Å². The average molecular weight is 410 g/mol. The largest absolute Gasteiger partial charge is 2.00 e. The molecule has 1 aromatic rings. The molecule has 1 aromatic carbocycles. The molecule has 4 nitrogen and oxygen atoms in total. The molecule has 0 atom stereocenters. The van der Waals surface area contributed by atoms with Crippen LogP contribution in [-0.2, 0) is 9.59 Å². The molecule has 0 radical (unpaired) electrons. The van der Waals surface area contributed by atoms with Crippen molar-refractivity contribution in [2.24, 2.45) is 0 Å². The van der Waals surface area contributed by atoms with Crippen molar-refractivity contribution >= 4 is 66.4 Å². The van der Waals surface area contributed by atoms with Gasteiger partial charge in [-0.1, -0.05) is 43.5 Å². The minimum Gasteiger partial charge on any atom is -0.545 e. The van der Waals surface area contributed by atoms with Crippen LogP contribution in [0.15, 0.2) is 30.3 Å². The summed E-state index contributed by atoms with van der Waals surface area (Å²) in [6.07, 6.45) is 6.59. The zero-order chi connectivity index (χ0) is 14.5. The molecule has 0 heterocycles. The third kappa shape index (κ3) is 5.31. The summed E-state index contributed by atoms with van der Waals surface area (Å²) >= 11 is 0. The second-order valence-corrected chi connectivity index (χ2v) is 5.12. The molecule has 0 aliphatic heterocycles. The van der Waals surface area contributed by atoms with E-state index in [1.54, 1.807) is 12.1 Å². The topological polar surface area (TPSA) is 80.3 Å². The number of hydrogen-bond acceptors (Lipinski definition) is 4. The number of carboxylic acids is 2. The summed E-state index contributed by atoms with van der Waals surface area (Å²) in [5, 5.41) is 21.5. The Hall–Kier alpha value is -0.529. The summed E-state index contributed by atoms with van der Waals surface area (Å²) in [7, 11) is 0. The first-order valence-electron chi connectivity index (χ1n) is 6.82. The van der Waals surface area contributed by atoms with Gasteiger partial charge in [0.2, 0.25) is 0 Å². The van der Waals surface area contributed by atoms with Crippen LogP contribution in [0.5, 0.6) is 0 Å². The van der Waals surface area contributed by atoms with Crippen molar-refractivity contribution in [1.29, 1.82) is 0 Å². The Labute approximate surface area is 164 Å². The maximum Gasteiger partial charge on any atom is 2.00 e. The third-order valence-electron chi connectivity index (χ3n) is 3.78. The van der Waals surface area contributed by atoms with Crippen molar-refractivity contribution < 1.29 is 19.8 Å². The van der Waals surface area contributed by atoms with E-state index in [4.69, 9.17) is 0 Å². The summed E-state index contributed by atoms with van der Waals surface area (Å²) in [6, 6.07) is 7.01. The fraction of sp³-hybridized carbons (Fsp3) is 0.375. The second kappa shape index (κ2) is 8.80. The Bertz CT molecular complexity index is 528. The fourth-order valence-electron chi connectivity index (χ4n) is 2.75. The number of carbonyl (C=O) groups is 2. The summed E-state index contributed by atoms with van der Waals surface area (Å²) in [4.78, 5) is 21.5. The molecule has 21 heavy (non-hydrogen) atoms. The minimum atomic E-state index is -1.54. The third-order valence-corrected chi connectivity index (χ3v) is 3.78. The zero-order valence-corrected chi connectivity index (χ0v) is 16.3. The summed E-state index contributed by atoms with van der Waals surface area (Å²) in [5.74, 6) is -2.53. The van der Waals surface area contributed by atoms with E-state index in [9.17, 15) is 19.8 Å². The predicted octanol–water partition coefficient (Wildman–Crippen LogP) is 0.237.